The normalized spacial score (nSPS) is 32.2. The van der Waals surface area contributed by atoms with E-state index < -0.39 is 36.9 Å². The Bertz CT molecular complexity index is 445. The van der Waals surface area contributed by atoms with Crippen molar-refractivity contribution in [1.82, 2.24) is 4.98 Å². The zero-order valence-corrected chi connectivity index (χ0v) is 8.69. The molecule has 0 aliphatic carbocycles. The van der Waals surface area contributed by atoms with Crippen LogP contribution in [0.2, 0.25) is 0 Å². The first-order valence-corrected chi connectivity index (χ1v) is 4.99. The predicted octanol–water partition coefficient (Wildman–Crippen LogP) is -2.70. The van der Waals surface area contributed by atoms with Gasteiger partial charge in [0.15, 0.2) is 12.1 Å². The summed E-state index contributed by atoms with van der Waals surface area (Å²) in [5.41, 5.74) is -0.196. The summed E-state index contributed by atoms with van der Waals surface area (Å²) in [4.78, 5) is 13.2. The number of aromatic carboxylic acids is 1. The molecule has 1 aromatic rings. The molecule has 8 heteroatoms. The highest BCUT2D eigenvalue weighted by atomic mass is 16.4. The Morgan fingerprint density at radius 3 is 2.53 bits per heavy atom. The largest absolute Gasteiger partial charge is 0.475 e. The number of carboxylic acids is 1. The monoisotopic (exact) mass is 245 g/mol. The number of hydrogen-bond donors (Lipinski definition) is 6. The molecule has 0 fully saturated rings. The van der Waals surface area contributed by atoms with Crippen LogP contribution in [0.25, 0.3) is 0 Å². The summed E-state index contributed by atoms with van der Waals surface area (Å²) in [5, 5.41) is 46.8. The Hall–Kier alpha value is -1.48. The molecule has 1 aliphatic heterocycles. The number of nitrogens with one attached hydrogen (secondary N) is 1. The summed E-state index contributed by atoms with van der Waals surface area (Å²) < 4.78 is 1.23. The van der Waals surface area contributed by atoms with Gasteiger partial charge < -0.3 is 25.5 Å². The number of aliphatic hydroxyl groups excluding tert-OH is 4. The number of aromatic amines is 1. The van der Waals surface area contributed by atoms with Gasteiger partial charge in [-0.2, -0.15) is 0 Å². The van der Waals surface area contributed by atoms with Gasteiger partial charge in [0.25, 0.3) is 5.82 Å². The first-order valence-electron chi connectivity index (χ1n) is 4.99. The van der Waals surface area contributed by atoms with E-state index in [1.165, 1.54) is 4.57 Å². The third-order valence-electron chi connectivity index (χ3n) is 2.93. The van der Waals surface area contributed by atoms with Crippen LogP contribution in [0.4, 0.5) is 0 Å². The molecule has 0 amide bonds. The topological polar surface area (TPSA) is 138 Å². The SMILES string of the molecule is O=C(O)c1c[n+]2c([nH]1)[C@H](O)[C@@H](O)[C@H](O)[C@H]2CO. The van der Waals surface area contributed by atoms with Gasteiger partial charge in [0.05, 0.1) is 6.61 Å². The fourth-order valence-corrected chi connectivity index (χ4v) is 1.99. The maximum absolute atomic E-state index is 10.8. The van der Waals surface area contributed by atoms with E-state index in [9.17, 15) is 20.1 Å². The summed E-state index contributed by atoms with van der Waals surface area (Å²) >= 11 is 0. The molecular formula is C9H13N2O6+. The van der Waals surface area contributed by atoms with Crippen molar-refractivity contribution in [3.63, 3.8) is 0 Å². The van der Waals surface area contributed by atoms with Crippen molar-refractivity contribution >= 4 is 5.97 Å². The van der Waals surface area contributed by atoms with Crippen molar-refractivity contribution in [2.24, 2.45) is 0 Å². The lowest BCUT2D eigenvalue weighted by molar-refractivity contribution is -0.750. The van der Waals surface area contributed by atoms with Crippen molar-refractivity contribution in [1.29, 1.82) is 0 Å². The van der Waals surface area contributed by atoms with Crippen LogP contribution >= 0.6 is 0 Å². The van der Waals surface area contributed by atoms with E-state index in [0.717, 1.165) is 6.20 Å². The second-order valence-electron chi connectivity index (χ2n) is 3.94. The molecule has 2 rings (SSSR count). The van der Waals surface area contributed by atoms with Crippen molar-refractivity contribution in [2.45, 2.75) is 24.4 Å². The highest BCUT2D eigenvalue weighted by Crippen LogP contribution is 2.26. The fourth-order valence-electron chi connectivity index (χ4n) is 1.99. The van der Waals surface area contributed by atoms with Crippen LogP contribution in [0.1, 0.15) is 28.5 Å². The number of nitrogens with zero attached hydrogens (tertiary/aromatic N) is 1. The van der Waals surface area contributed by atoms with Gasteiger partial charge in [-0.3, -0.25) is 0 Å². The van der Waals surface area contributed by atoms with Gasteiger partial charge in [0, 0.05) is 0 Å². The zero-order valence-electron chi connectivity index (χ0n) is 8.69. The molecule has 0 saturated carbocycles. The molecule has 2 heterocycles. The number of carboxylic acid groups (broad SMARTS) is 1. The van der Waals surface area contributed by atoms with Gasteiger partial charge in [0.2, 0.25) is 5.69 Å². The first-order chi connectivity index (χ1) is 7.97. The number of rotatable bonds is 2. The molecule has 0 aromatic carbocycles. The summed E-state index contributed by atoms with van der Waals surface area (Å²) in [7, 11) is 0. The highest BCUT2D eigenvalue weighted by molar-refractivity contribution is 5.84. The summed E-state index contributed by atoms with van der Waals surface area (Å²) in [6.07, 6.45) is -3.12. The fraction of sp³-hybridized carbons (Fsp3) is 0.556. The number of aliphatic hydroxyl groups is 4. The standard InChI is InChI=1S/C9H12N2O6/c12-2-4-5(13)6(14)7(15)8-10-3(9(16)17)1-11(4)8/h1,4-7,12-15H,2H2,(H,16,17)/p+1/t4-,5-,6+,7-/m1/s1. The smallest absolute Gasteiger partial charge is 0.379 e. The lowest BCUT2D eigenvalue weighted by atomic mass is 9.96. The molecule has 17 heavy (non-hydrogen) atoms. The molecule has 0 radical (unpaired) electrons. The first kappa shape index (κ1) is 12.0. The van der Waals surface area contributed by atoms with Crippen LogP contribution in [0.15, 0.2) is 6.20 Å². The van der Waals surface area contributed by atoms with E-state index in [-0.39, 0.29) is 11.5 Å². The molecule has 0 bridgehead atoms. The molecule has 94 valence electrons. The van der Waals surface area contributed by atoms with Crippen molar-refractivity contribution in [2.75, 3.05) is 6.61 Å². The number of aromatic nitrogens is 2. The minimum atomic E-state index is -1.48. The molecule has 0 spiro atoms. The maximum Gasteiger partial charge on any atom is 0.379 e. The van der Waals surface area contributed by atoms with Crippen LogP contribution in [-0.2, 0) is 0 Å². The van der Waals surface area contributed by atoms with Crippen molar-refractivity contribution in [3.05, 3.63) is 17.7 Å². The van der Waals surface area contributed by atoms with E-state index >= 15 is 0 Å². The molecule has 0 saturated heterocycles. The zero-order chi connectivity index (χ0) is 12.7. The van der Waals surface area contributed by atoms with Crippen LogP contribution in [-0.4, -0.2) is 55.3 Å². The second kappa shape index (κ2) is 4.08. The molecular weight excluding hydrogens is 232 g/mol. The summed E-state index contributed by atoms with van der Waals surface area (Å²) in [6, 6.07) is -0.896. The molecule has 6 N–H and O–H groups in total. The third kappa shape index (κ3) is 1.71. The van der Waals surface area contributed by atoms with Gasteiger partial charge in [-0.05, 0) is 0 Å². The number of hydrogen-bond acceptors (Lipinski definition) is 5. The van der Waals surface area contributed by atoms with E-state index in [1.54, 1.807) is 0 Å². The van der Waals surface area contributed by atoms with E-state index in [0.29, 0.717) is 0 Å². The molecule has 1 aromatic heterocycles. The molecule has 4 atom stereocenters. The second-order valence-corrected chi connectivity index (χ2v) is 3.94. The number of imidazole rings is 1. The Morgan fingerprint density at radius 2 is 2.00 bits per heavy atom. The van der Waals surface area contributed by atoms with Gasteiger partial charge in [-0.1, -0.05) is 0 Å². The van der Waals surface area contributed by atoms with Gasteiger partial charge in [-0.25, -0.2) is 14.3 Å². The minimum absolute atomic E-state index is 0.0410. The number of fused-ring (bicyclic) bond motifs is 1. The molecule has 8 nitrogen and oxygen atoms in total. The lowest BCUT2D eigenvalue weighted by Crippen LogP contribution is -2.59. The summed E-state index contributed by atoms with van der Waals surface area (Å²) in [5.74, 6) is -1.20. The van der Waals surface area contributed by atoms with Crippen molar-refractivity contribution < 1.29 is 34.9 Å². The van der Waals surface area contributed by atoms with Crippen LogP contribution < -0.4 is 4.57 Å². The van der Waals surface area contributed by atoms with Crippen LogP contribution in [0, 0.1) is 0 Å². The van der Waals surface area contributed by atoms with Crippen LogP contribution in [0.5, 0.6) is 0 Å². The van der Waals surface area contributed by atoms with E-state index in [4.69, 9.17) is 10.2 Å². The van der Waals surface area contributed by atoms with Gasteiger partial charge >= 0.3 is 5.97 Å². The highest BCUT2D eigenvalue weighted by Gasteiger charge is 2.47. The average Bonchev–Trinajstić information content (AvgIpc) is 2.72. The quantitative estimate of drug-likeness (QED) is 0.314. The molecule has 1 aliphatic rings. The van der Waals surface area contributed by atoms with Gasteiger partial charge in [-0.15, -0.1) is 0 Å². The Balaban J connectivity index is 2.52. The molecule has 0 unspecified atom stereocenters. The average molecular weight is 245 g/mol. The van der Waals surface area contributed by atoms with Gasteiger partial charge in [0.1, 0.15) is 18.4 Å². The Kier molecular flexibility index (Phi) is 2.87. The van der Waals surface area contributed by atoms with E-state index in [2.05, 4.69) is 4.98 Å². The minimum Gasteiger partial charge on any atom is -0.475 e. The maximum atomic E-state index is 10.8. The number of H-pyrrole nitrogens is 1. The Labute approximate surface area is 95.4 Å². The van der Waals surface area contributed by atoms with E-state index in [1.807, 2.05) is 0 Å². The lowest BCUT2D eigenvalue weighted by Gasteiger charge is -2.30. The predicted molar refractivity (Wildman–Crippen MR) is 51.0 cm³/mol. The number of carbonyl (C=O) groups is 1. The third-order valence-corrected chi connectivity index (χ3v) is 2.93. The van der Waals surface area contributed by atoms with Crippen LogP contribution in [0.3, 0.4) is 0 Å². The Morgan fingerprint density at radius 1 is 1.35 bits per heavy atom. The van der Waals surface area contributed by atoms with Crippen molar-refractivity contribution in [3.8, 4) is 0 Å². The summed E-state index contributed by atoms with van der Waals surface area (Å²) in [6.45, 7) is -0.487.